The molecule has 0 spiro atoms. The third-order valence-corrected chi connectivity index (χ3v) is 2.15. The van der Waals surface area contributed by atoms with E-state index >= 15 is 0 Å². The molecule has 70 valence electrons. The van der Waals surface area contributed by atoms with Crippen LogP contribution >= 0.6 is 0 Å². The summed E-state index contributed by atoms with van der Waals surface area (Å²) in [4.78, 5) is 11.7. The van der Waals surface area contributed by atoms with E-state index in [0.717, 1.165) is 0 Å². The van der Waals surface area contributed by atoms with Crippen molar-refractivity contribution >= 4 is 6.41 Å². The monoisotopic (exact) mass is 175 g/mol. The van der Waals surface area contributed by atoms with Gasteiger partial charge in [-0.15, -0.1) is 0 Å². The lowest BCUT2D eigenvalue weighted by atomic mass is 9.94. The number of likely N-dealkylation sites (tertiary alicyclic amines) is 1. The first-order valence-corrected chi connectivity index (χ1v) is 3.85. The highest BCUT2D eigenvalue weighted by Gasteiger charge is 2.33. The van der Waals surface area contributed by atoms with Gasteiger partial charge in [0.2, 0.25) is 6.41 Å². The summed E-state index contributed by atoms with van der Waals surface area (Å²) in [5.74, 6) is -0.432. The fraction of sp³-hybridized carbons (Fsp3) is 0.857. The van der Waals surface area contributed by atoms with E-state index in [0.29, 0.717) is 13.0 Å². The molecule has 1 amide bonds. The van der Waals surface area contributed by atoms with Crippen LogP contribution in [0.2, 0.25) is 0 Å². The summed E-state index contributed by atoms with van der Waals surface area (Å²) in [6.07, 6.45) is -1.26. The quantitative estimate of drug-likeness (QED) is 0.416. The molecule has 12 heavy (non-hydrogen) atoms. The second-order valence-electron chi connectivity index (χ2n) is 3.06. The highest BCUT2D eigenvalue weighted by Crippen LogP contribution is 2.15. The molecule has 5 nitrogen and oxygen atoms in total. The topological polar surface area (TPSA) is 81.0 Å². The lowest BCUT2D eigenvalue weighted by molar-refractivity contribution is -0.131. The van der Waals surface area contributed by atoms with E-state index < -0.39 is 18.1 Å². The number of piperidine rings is 1. The van der Waals surface area contributed by atoms with Crippen molar-refractivity contribution in [1.29, 1.82) is 0 Å². The molecular weight excluding hydrogens is 162 g/mol. The van der Waals surface area contributed by atoms with Gasteiger partial charge < -0.3 is 20.2 Å². The highest BCUT2D eigenvalue weighted by molar-refractivity contribution is 5.47. The highest BCUT2D eigenvalue weighted by atomic mass is 16.3. The van der Waals surface area contributed by atoms with E-state index in [-0.39, 0.29) is 13.2 Å². The van der Waals surface area contributed by atoms with E-state index in [1.54, 1.807) is 0 Å². The van der Waals surface area contributed by atoms with Gasteiger partial charge in [0.1, 0.15) is 0 Å². The second-order valence-corrected chi connectivity index (χ2v) is 3.06. The van der Waals surface area contributed by atoms with Crippen LogP contribution in [0.5, 0.6) is 0 Å². The van der Waals surface area contributed by atoms with Crippen LogP contribution in [0.25, 0.3) is 0 Å². The summed E-state index contributed by atoms with van der Waals surface area (Å²) in [5, 5.41) is 27.3. The first kappa shape index (κ1) is 9.44. The number of β-amino-alcohol motifs (C(OH)–C–C–N with tert-alkyl or cyclic N) is 1. The standard InChI is InChI=1S/C7H13NO4/c9-3-5-1-8(4-10)2-6(11)7(5)12/h4-7,9,11-12H,1-3H2/t5-,6-,7-/m1/s1. The van der Waals surface area contributed by atoms with Crippen molar-refractivity contribution in [3.05, 3.63) is 0 Å². The number of aliphatic hydroxyl groups excluding tert-OH is 3. The Kier molecular flexibility index (Phi) is 3.02. The Morgan fingerprint density at radius 2 is 2.08 bits per heavy atom. The van der Waals surface area contributed by atoms with E-state index in [9.17, 15) is 15.0 Å². The molecule has 0 aromatic heterocycles. The van der Waals surface area contributed by atoms with Gasteiger partial charge in [0.25, 0.3) is 0 Å². The van der Waals surface area contributed by atoms with Gasteiger partial charge in [-0.3, -0.25) is 4.79 Å². The van der Waals surface area contributed by atoms with Crippen LogP contribution in [0.1, 0.15) is 0 Å². The molecule has 3 atom stereocenters. The van der Waals surface area contributed by atoms with Gasteiger partial charge in [-0.1, -0.05) is 0 Å². The third kappa shape index (κ3) is 1.74. The molecule has 1 saturated heterocycles. The molecule has 0 aromatic carbocycles. The minimum absolute atomic E-state index is 0.140. The summed E-state index contributed by atoms with van der Waals surface area (Å²) >= 11 is 0. The number of carbonyl (C=O) groups excluding carboxylic acids is 1. The maximum absolute atomic E-state index is 10.3. The molecular formula is C7H13NO4. The van der Waals surface area contributed by atoms with E-state index in [1.807, 2.05) is 0 Å². The van der Waals surface area contributed by atoms with Gasteiger partial charge in [-0.05, 0) is 0 Å². The number of nitrogens with zero attached hydrogens (tertiary/aromatic N) is 1. The molecule has 1 rings (SSSR count). The Morgan fingerprint density at radius 1 is 1.42 bits per heavy atom. The molecule has 1 heterocycles. The van der Waals surface area contributed by atoms with Gasteiger partial charge in [0, 0.05) is 19.0 Å². The Morgan fingerprint density at radius 3 is 2.58 bits per heavy atom. The first-order valence-electron chi connectivity index (χ1n) is 3.85. The smallest absolute Gasteiger partial charge is 0.209 e. The van der Waals surface area contributed by atoms with E-state index in [2.05, 4.69) is 0 Å². The molecule has 0 aromatic rings. The number of hydrogen-bond donors (Lipinski definition) is 3. The molecule has 0 aliphatic carbocycles. The van der Waals surface area contributed by atoms with Crippen molar-refractivity contribution in [2.24, 2.45) is 5.92 Å². The predicted molar refractivity (Wildman–Crippen MR) is 40.2 cm³/mol. The molecule has 1 aliphatic heterocycles. The van der Waals surface area contributed by atoms with Gasteiger partial charge in [0.05, 0.1) is 18.8 Å². The summed E-state index contributed by atoms with van der Waals surface area (Å²) < 4.78 is 0. The molecule has 0 bridgehead atoms. The summed E-state index contributed by atoms with van der Waals surface area (Å²) in [7, 11) is 0. The largest absolute Gasteiger partial charge is 0.396 e. The summed E-state index contributed by atoms with van der Waals surface area (Å²) in [6.45, 7) is 0.224. The van der Waals surface area contributed by atoms with Crippen LogP contribution in [0.15, 0.2) is 0 Å². The fourth-order valence-corrected chi connectivity index (χ4v) is 1.40. The molecule has 1 aliphatic rings. The molecule has 3 N–H and O–H groups in total. The van der Waals surface area contributed by atoms with Crippen LogP contribution in [0.3, 0.4) is 0 Å². The van der Waals surface area contributed by atoms with Crippen molar-refractivity contribution in [2.45, 2.75) is 12.2 Å². The van der Waals surface area contributed by atoms with Crippen LogP contribution in [0.4, 0.5) is 0 Å². The second kappa shape index (κ2) is 3.84. The van der Waals surface area contributed by atoms with E-state index in [1.165, 1.54) is 4.90 Å². The predicted octanol–water partition coefficient (Wildman–Crippen LogP) is -2.21. The zero-order valence-electron chi connectivity index (χ0n) is 6.63. The van der Waals surface area contributed by atoms with Crippen molar-refractivity contribution in [3.8, 4) is 0 Å². The maximum Gasteiger partial charge on any atom is 0.209 e. The number of rotatable bonds is 2. The Labute approximate surface area is 70.2 Å². The Bertz CT molecular complexity index is 163. The van der Waals surface area contributed by atoms with E-state index in [4.69, 9.17) is 5.11 Å². The van der Waals surface area contributed by atoms with Crippen molar-refractivity contribution in [3.63, 3.8) is 0 Å². The molecule has 0 unspecified atom stereocenters. The Hall–Kier alpha value is -0.650. The normalized spacial score (nSPS) is 36.6. The van der Waals surface area contributed by atoms with Gasteiger partial charge in [0.15, 0.2) is 0 Å². The molecule has 5 heteroatoms. The van der Waals surface area contributed by atoms with Gasteiger partial charge in [-0.2, -0.15) is 0 Å². The third-order valence-electron chi connectivity index (χ3n) is 2.15. The van der Waals surface area contributed by atoms with Crippen LogP contribution in [0, 0.1) is 5.92 Å². The minimum atomic E-state index is -0.943. The number of hydrogen-bond acceptors (Lipinski definition) is 4. The zero-order chi connectivity index (χ0) is 9.14. The zero-order valence-corrected chi connectivity index (χ0v) is 6.63. The number of carbonyl (C=O) groups is 1. The molecule has 1 fully saturated rings. The number of aliphatic hydroxyl groups is 3. The van der Waals surface area contributed by atoms with Crippen molar-refractivity contribution in [2.75, 3.05) is 19.7 Å². The average molecular weight is 175 g/mol. The number of amides is 1. The van der Waals surface area contributed by atoms with Crippen molar-refractivity contribution < 1.29 is 20.1 Å². The summed E-state index contributed by atoms with van der Waals surface area (Å²) in [5.41, 5.74) is 0. The maximum atomic E-state index is 10.3. The van der Waals surface area contributed by atoms with Crippen LogP contribution < -0.4 is 0 Å². The fourth-order valence-electron chi connectivity index (χ4n) is 1.40. The van der Waals surface area contributed by atoms with Gasteiger partial charge in [-0.25, -0.2) is 0 Å². The average Bonchev–Trinajstić information content (AvgIpc) is 2.09. The first-order chi connectivity index (χ1) is 5.69. The van der Waals surface area contributed by atoms with Crippen molar-refractivity contribution in [1.82, 2.24) is 4.90 Å². The molecule has 0 radical (unpaired) electrons. The van der Waals surface area contributed by atoms with Gasteiger partial charge >= 0.3 is 0 Å². The summed E-state index contributed by atoms with van der Waals surface area (Å²) in [6, 6.07) is 0. The lowest BCUT2D eigenvalue weighted by Gasteiger charge is -2.36. The minimum Gasteiger partial charge on any atom is -0.396 e. The lowest BCUT2D eigenvalue weighted by Crippen LogP contribution is -2.52. The Balaban J connectivity index is 2.57. The van der Waals surface area contributed by atoms with Crippen LogP contribution in [-0.2, 0) is 4.79 Å². The SMILES string of the molecule is O=CN1C[C@H](CO)[C@@H](O)[C@H](O)C1. The van der Waals surface area contributed by atoms with Crippen LogP contribution in [-0.4, -0.2) is 58.5 Å². The molecule has 0 saturated carbocycles.